The first-order valence-corrected chi connectivity index (χ1v) is 9.58. The Morgan fingerprint density at radius 3 is 2.17 bits per heavy atom. The van der Waals surface area contributed by atoms with Crippen LogP contribution < -0.4 is 20.7 Å². The molecule has 0 aliphatic rings. The third kappa shape index (κ3) is 5.97. The molecule has 3 N–H and O–H groups in total. The molecule has 152 valence electrons. The molecular weight excluding hydrogens is 378 g/mol. The second-order valence-electron chi connectivity index (χ2n) is 6.28. The molecule has 0 spiro atoms. The van der Waals surface area contributed by atoms with Crippen LogP contribution in [0.15, 0.2) is 84.9 Å². The van der Waals surface area contributed by atoms with Crippen molar-refractivity contribution in [2.24, 2.45) is 0 Å². The van der Waals surface area contributed by atoms with Gasteiger partial charge >= 0.3 is 6.03 Å². The highest BCUT2D eigenvalue weighted by molar-refractivity contribution is 6.07. The first kappa shape index (κ1) is 20.7. The highest BCUT2D eigenvalue weighted by Gasteiger charge is 2.08. The van der Waals surface area contributed by atoms with Crippen LogP contribution in [0.25, 0.3) is 6.08 Å². The largest absolute Gasteiger partial charge is 0.493 e. The summed E-state index contributed by atoms with van der Waals surface area (Å²) in [5.41, 5.74) is 2.46. The van der Waals surface area contributed by atoms with Crippen LogP contribution in [-0.4, -0.2) is 18.5 Å². The smallest absolute Gasteiger partial charge is 0.323 e. The molecule has 0 aliphatic heterocycles. The van der Waals surface area contributed by atoms with Gasteiger partial charge in [0, 0.05) is 17.3 Å². The van der Waals surface area contributed by atoms with Gasteiger partial charge in [0.05, 0.1) is 18.0 Å². The number of anilines is 3. The molecule has 0 aliphatic carbocycles. The maximum absolute atomic E-state index is 12.4. The quantitative estimate of drug-likeness (QED) is 0.465. The Bertz CT molecular complexity index is 1030. The molecule has 6 nitrogen and oxygen atoms in total. The summed E-state index contributed by atoms with van der Waals surface area (Å²) in [5, 5.41) is 8.29. The van der Waals surface area contributed by atoms with E-state index in [1.807, 2.05) is 49.4 Å². The minimum atomic E-state index is -0.399. The van der Waals surface area contributed by atoms with Crippen molar-refractivity contribution < 1.29 is 14.3 Å². The van der Waals surface area contributed by atoms with E-state index in [-0.39, 0.29) is 5.91 Å². The average molecular weight is 401 g/mol. The Kier molecular flexibility index (Phi) is 7.22. The molecular formula is C24H23N3O3. The third-order valence-electron chi connectivity index (χ3n) is 4.10. The molecule has 0 bridgehead atoms. The Balaban J connectivity index is 1.66. The summed E-state index contributed by atoms with van der Waals surface area (Å²) >= 11 is 0. The first-order chi connectivity index (χ1) is 14.7. The van der Waals surface area contributed by atoms with E-state index < -0.39 is 6.03 Å². The fraction of sp³-hybridized carbons (Fsp3) is 0.0833. The fourth-order valence-electron chi connectivity index (χ4n) is 2.75. The number of amides is 3. The summed E-state index contributed by atoms with van der Waals surface area (Å²) < 4.78 is 5.56. The maximum atomic E-state index is 12.4. The Morgan fingerprint density at radius 2 is 1.43 bits per heavy atom. The summed E-state index contributed by atoms with van der Waals surface area (Å²) in [6.45, 7) is 2.45. The molecule has 0 radical (unpaired) electrons. The Morgan fingerprint density at radius 1 is 0.800 bits per heavy atom. The van der Waals surface area contributed by atoms with Crippen LogP contribution in [-0.2, 0) is 4.79 Å². The molecule has 0 saturated heterocycles. The van der Waals surface area contributed by atoms with Crippen LogP contribution in [0, 0.1) is 0 Å². The number of urea groups is 1. The van der Waals surface area contributed by atoms with E-state index in [1.54, 1.807) is 42.5 Å². The predicted molar refractivity (Wildman–Crippen MR) is 121 cm³/mol. The highest BCUT2D eigenvalue weighted by atomic mass is 16.5. The molecule has 0 heterocycles. The first-order valence-electron chi connectivity index (χ1n) is 9.58. The van der Waals surface area contributed by atoms with Gasteiger partial charge in [0.2, 0.25) is 5.91 Å². The molecule has 0 saturated carbocycles. The van der Waals surface area contributed by atoms with Crippen molar-refractivity contribution in [3.8, 4) is 5.75 Å². The fourth-order valence-corrected chi connectivity index (χ4v) is 2.75. The van der Waals surface area contributed by atoms with E-state index >= 15 is 0 Å². The van der Waals surface area contributed by atoms with Gasteiger partial charge in [-0.3, -0.25) is 4.79 Å². The van der Waals surface area contributed by atoms with Gasteiger partial charge in [-0.25, -0.2) is 4.79 Å². The zero-order valence-corrected chi connectivity index (χ0v) is 16.6. The highest BCUT2D eigenvalue weighted by Crippen LogP contribution is 2.22. The van der Waals surface area contributed by atoms with Crippen molar-refractivity contribution in [2.75, 3.05) is 22.6 Å². The van der Waals surface area contributed by atoms with E-state index in [2.05, 4.69) is 16.0 Å². The van der Waals surface area contributed by atoms with E-state index in [0.29, 0.717) is 29.4 Å². The number of rotatable bonds is 7. The number of carbonyl (C=O) groups excluding carboxylic acids is 2. The topological polar surface area (TPSA) is 79.5 Å². The second kappa shape index (κ2) is 10.5. The monoisotopic (exact) mass is 401 g/mol. The normalized spacial score (nSPS) is 10.4. The lowest BCUT2D eigenvalue weighted by molar-refractivity contribution is -0.111. The Labute approximate surface area is 175 Å². The van der Waals surface area contributed by atoms with Crippen LogP contribution in [0.2, 0.25) is 0 Å². The number of ether oxygens (including phenoxy) is 1. The van der Waals surface area contributed by atoms with Gasteiger partial charge < -0.3 is 20.7 Å². The van der Waals surface area contributed by atoms with Gasteiger partial charge in [-0.1, -0.05) is 48.5 Å². The lowest BCUT2D eigenvalue weighted by atomic mass is 10.2. The summed E-state index contributed by atoms with van der Waals surface area (Å²) in [4.78, 5) is 24.7. The van der Waals surface area contributed by atoms with Crippen LogP contribution >= 0.6 is 0 Å². The zero-order valence-electron chi connectivity index (χ0n) is 16.6. The van der Waals surface area contributed by atoms with Crippen LogP contribution in [0.1, 0.15) is 12.5 Å². The molecule has 0 fully saturated rings. The van der Waals surface area contributed by atoms with Crippen molar-refractivity contribution in [3.05, 3.63) is 90.5 Å². The summed E-state index contributed by atoms with van der Waals surface area (Å²) in [7, 11) is 0. The molecule has 3 rings (SSSR count). The van der Waals surface area contributed by atoms with Crippen molar-refractivity contribution in [3.63, 3.8) is 0 Å². The molecule has 6 heteroatoms. The molecule has 3 amide bonds. The summed E-state index contributed by atoms with van der Waals surface area (Å²) in [6, 6.07) is 23.2. The van der Waals surface area contributed by atoms with Crippen LogP contribution in [0.3, 0.4) is 0 Å². The van der Waals surface area contributed by atoms with E-state index in [9.17, 15) is 9.59 Å². The molecule has 0 aromatic heterocycles. The third-order valence-corrected chi connectivity index (χ3v) is 4.10. The van der Waals surface area contributed by atoms with Gasteiger partial charge in [0.15, 0.2) is 0 Å². The van der Waals surface area contributed by atoms with Crippen LogP contribution in [0.5, 0.6) is 5.75 Å². The number of nitrogens with one attached hydrogen (secondary N) is 3. The number of hydrogen-bond acceptors (Lipinski definition) is 3. The van der Waals surface area contributed by atoms with Crippen molar-refractivity contribution in [1.29, 1.82) is 0 Å². The predicted octanol–water partition coefficient (Wildman–Crippen LogP) is 5.38. The molecule has 0 atom stereocenters. The lowest BCUT2D eigenvalue weighted by Crippen LogP contribution is -2.20. The van der Waals surface area contributed by atoms with E-state index in [1.165, 1.54) is 6.08 Å². The standard InChI is InChI=1S/C24H23N3O3/c1-2-30-22-15-9-6-10-18(22)16-17-23(28)26-20-13-7-8-14-21(20)27-24(29)25-19-11-4-3-5-12-19/h3-17H,2H2,1H3,(H,26,28)(H2,25,27,29). The molecule has 0 unspecified atom stereocenters. The van der Waals surface area contributed by atoms with Crippen molar-refractivity contribution in [2.45, 2.75) is 6.92 Å². The minimum absolute atomic E-state index is 0.320. The van der Waals surface area contributed by atoms with Crippen molar-refractivity contribution in [1.82, 2.24) is 0 Å². The summed E-state index contributed by atoms with van der Waals surface area (Å²) in [5.74, 6) is 0.391. The number of hydrogen-bond donors (Lipinski definition) is 3. The average Bonchev–Trinajstić information content (AvgIpc) is 2.75. The van der Waals surface area contributed by atoms with Gasteiger partial charge in [-0.05, 0) is 43.3 Å². The SMILES string of the molecule is CCOc1ccccc1C=CC(=O)Nc1ccccc1NC(=O)Nc1ccccc1. The lowest BCUT2D eigenvalue weighted by Gasteiger charge is -2.12. The van der Waals surface area contributed by atoms with Gasteiger partial charge in [0.25, 0.3) is 0 Å². The summed E-state index contributed by atoms with van der Waals surface area (Å²) in [6.07, 6.45) is 3.12. The van der Waals surface area contributed by atoms with E-state index in [4.69, 9.17) is 4.74 Å². The van der Waals surface area contributed by atoms with E-state index in [0.717, 1.165) is 5.56 Å². The Hall–Kier alpha value is -4.06. The number of para-hydroxylation sites is 4. The second-order valence-corrected chi connectivity index (χ2v) is 6.28. The zero-order chi connectivity index (χ0) is 21.2. The van der Waals surface area contributed by atoms with Gasteiger partial charge in [-0.2, -0.15) is 0 Å². The van der Waals surface area contributed by atoms with Crippen molar-refractivity contribution >= 4 is 35.1 Å². The van der Waals surface area contributed by atoms with Crippen LogP contribution in [0.4, 0.5) is 21.9 Å². The molecule has 3 aromatic rings. The van der Waals surface area contributed by atoms with Gasteiger partial charge in [0.1, 0.15) is 5.75 Å². The minimum Gasteiger partial charge on any atom is -0.493 e. The molecule has 3 aromatic carbocycles. The molecule has 30 heavy (non-hydrogen) atoms. The maximum Gasteiger partial charge on any atom is 0.323 e. The number of carbonyl (C=O) groups is 2. The van der Waals surface area contributed by atoms with Gasteiger partial charge in [-0.15, -0.1) is 0 Å². The number of benzene rings is 3.